The molecule has 5 nitrogen and oxygen atoms in total. The molecule has 1 saturated carbocycles. The second kappa shape index (κ2) is 8.93. The summed E-state index contributed by atoms with van der Waals surface area (Å²) in [7, 11) is 0. The summed E-state index contributed by atoms with van der Waals surface area (Å²) in [6.07, 6.45) is 9.06. The van der Waals surface area contributed by atoms with Crippen molar-refractivity contribution >= 4 is 11.8 Å². The van der Waals surface area contributed by atoms with Gasteiger partial charge < -0.3 is 9.80 Å². The van der Waals surface area contributed by atoms with Crippen molar-refractivity contribution in [2.24, 2.45) is 11.3 Å². The molecule has 1 aliphatic carbocycles. The van der Waals surface area contributed by atoms with E-state index in [1.165, 1.54) is 32.1 Å². The summed E-state index contributed by atoms with van der Waals surface area (Å²) < 4.78 is 0. The van der Waals surface area contributed by atoms with E-state index >= 15 is 0 Å². The molecule has 0 aromatic rings. The van der Waals surface area contributed by atoms with Crippen LogP contribution in [0.2, 0.25) is 0 Å². The van der Waals surface area contributed by atoms with E-state index in [9.17, 15) is 9.59 Å². The van der Waals surface area contributed by atoms with E-state index < -0.39 is 0 Å². The molecule has 154 valence electrons. The minimum absolute atomic E-state index is 0.0326. The first-order chi connectivity index (χ1) is 12.8. The second-order valence-electron chi connectivity index (χ2n) is 10.0. The second-order valence-corrected chi connectivity index (χ2v) is 10.0. The zero-order valence-corrected chi connectivity index (χ0v) is 17.7. The van der Waals surface area contributed by atoms with Gasteiger partial charge in [-0.15, -0.1) is 0 Å². The number of nitrogens with zero attached hydrogens (tertiary/aromatic N) is 3. The molecule has 0 bridgehead atoms. The van der Waals surface area contributed by atoms with Crippen molar-refractivity contribution < 1.29 is 9.59 Å². The van der Waals surface area contributed by atoms with Crippen LogP contribution in [0.4, 0.5) is 0 Å². The Morgan fingerprint density at radius 2 is 1.41 bits per heavy atom. The summed E-state index contributed by atoms with van der Waals surface area (Å²) in [5, 5.41) is 0. The van der Waals surface area contributed by atoms with Crippen molar-refractivity contribution in [2.45, 2.75) is 78.2 Å². The maximum atomic E-state index is 13.4. The topological polar surface area (TPSA) is 43.9 Å². The molecular formula is C22H39N3O2. The van der Waals surface area contributed by atoms with E-state index in [-0.39, 0.29) is 17.4 Å². The molecule has 0 N–H and O–H groups in total. The summed E-state index contributed by atoms with van der Waals surface area (Å²) in [6.45, 7) is 11.5. The number of amides is 2. The molecule has 27 heavy (non-hydrogen) atoms. The van der Waals surface area contributed by atoms with Gasteiger partial charge in [0.2, 0.25) is 11.8 Å². The molecule has 2 aliphatic heterocycles. The van der Waals surface area contributed by atoms with Crippen molar-refractivity contribution in [3.8, 4) is 0 Å². The van der Waals surface area contributed by atoms with Crippen LogP contribution in [0.25, 0.3) is 0 Å². The van der Waals surface area contributed by atoms with Crippen molar-refractivity contribution in [2.75, 3.05) is 39.3 Å². The molecule has 0 aromatic heterocycles. The van der Waals surface area contributed by atoms with Gasteiger partial charge in [-0.25, -0.2) is 0 Å². The van der Waals surface area contributed by atoms with Gasteiger partial charge in [-0.2, -0.15) is 0 Å². The number of likely N-dealkylation sites (tertiary alicyclic amines) is 1. The fraction of sp³-hybridized carbons (Fsp3) is 0.909. The van der Waals surface area contributed by atoms with Gasteiger partial charge in [-0.1, -0.05) is 33.6 Å². The first kappa shape index (κ1) is 20.6. The van der Waals surface area contributed by atoms with Gasteiger partial charge in [0.05, 0.1) is 6.04 Å². The standard InChI is InChI=1S/C22H39N3O2/c1-22(2,3)17-19(26)23-13-15-24(16-14-23)20(18-9-5-6-10-18)21(27)25-11-7-4-8-12-25/h18,20H,4-17H2,1-3H3. The highest BCUT2D eigenvalue weighted by Crippen LogP contribution is 2.32. The third-order valence-electron chi connectivity index (χ3n) is 6.51. The minimum Gasteiger partial charge on any atom is -0.341 e. The van der Waals surface area contributed by atoms with Crippen LogP contribution in [0.3, 0.4) is 0 Å². The fourth-order valence-corrected chi connectivity index (χ4v) is 5.05. The zero-order valence-electron chi connectivity index (χ0n) is 17.7. The highest BCUT2D eigenvalue weighted by atomic mass is 16.2. The highest BCUT2D eigenvalue weighted by molar-refractivity contribution is 5.82. The number of carbonyl (C=O) groups excluding carboxylic acids is 2. The molecule has 0 aromatic carbocycles. The Morgan fingerprint density at radius 1 is 0.815 bits per heavy atom. The molecule has 1 atom stereocenters. The Hall–Kier alpha value is -1.10. The van der Waals surface area contributed by atoms with Crippen molar-refractivity contribution in [3.05, 3.63) is 0 Å². The summed E-state index contributed by atoms with van der Waals surface area (Å²) >= 11 is 0. The fourth-order valence-electron chi connectivity index (χ4n) is 5.05. The first-order valence-electron chi connectivity index (χ1n) is 11.2. The Bertz CT molecular complexity index is 508. The molecular weight excluding hydrogens is 338 g/mol. The van der Waals surface area contributed by atoms with Crippen molar-refractivity contribution in [1.82, 2.24) is 14.7 Å². The monoisotopic (exact) mass is 377 g/mol. The lowest BCUT2D eigenvalue weighted by Gasteiger charge is -2.43. The lowest BCUT2D eigenvalue weighted by molar-refractivity contribution is -0.142. The minimum atomic E-state index is 0.0326. The Balaban J connectivity index is 1.62. The van der Waals surface area contributed by atoms with E-state index in [0.29, 0.717) is 18.2 Å². The smallest absolute Gasteiger partial charge is 0.240 e. The van der Waals surface area contributed by atoms with Crippen LogP contribution in [0.1, 0.15) is 72.1 Å². The van der Waals surface area contributed by atoms with Crippen LogP contribution in [-0.2, 0) is 9.59 Å². The SMILES string of the molecule is CC(C)(C)CC(=O)N1CCN(C(C(=O)N2CCCCC2)C2CCCC2)CC1. The van der Waals surface area contributed by atoms with Crippen molar-refractivity contribution in [1.29, 1.82) is 0 Å². The molecule has 3 fully saturated rings. The summed E-state index contributed by atoms with van der Waals surface area (Å²) in [5.41, 5.74) is 0.0326. The largest absolute Gasteiger partial charge is 0.341 e. The molecule has 3 rings (SSSR count). The number of carbonyl (C=O) groups is 2. The van der Waals surface area contributed by atoms with Crippen LogP contribution in [0.5, 0.6) is 0 Å². The van der Waals surface area contributed by atoms with E-state index in [0.717, 1.165) is 52.1 Å². The third-order valence-corrected chi connectivity index (χ3v) is 6.51. The number of piperidine rings is 1. The van der Waals surface area contributed by atoms with Gasteiger partial charge in [-0.05, 0) is 43.4 Å². The molecule has 2 heterocycles. The van der Waals surface area contributed by atoms with E-state index in [4.69, 9.17) is 0 Å². The number of piperazine rings is 1. The quantitative estimate of drug-likeness (QED) is 0.756. The number of hydrogen-bond acceptors (Lipinski definition) is 3. The Labute approximate surface area is 165 Å². The molecule has 2 saturated heterocycles. The highest BCUT2D eigenvalue weighted by Gasteiger charge is 2.39. The molecule has 0 spiro atoms. The number of hydrogen-bond donors (Lipinski definition) is 0. The van der Waals surface area contributed by atoms with Gasteiger partial charge in [0, 0.05) is 45.7 Å². The van der Waals surface area contributed by atoms with Crippen LogP contribution in [0.15, 0.2) is 0 Å². The molecule has 1 unspecified atom stereocenters. The normalized spacial score (nSPS) is 24.3. The van der Waals surface area contributed by atoms with E-state index in [2.05, 4.69) is 30.6 Å². The van der Waals surface area contributed by atoms with Gasteiger partial charge in [0.25, 0.3) is 0 Å². The molecule has 2 amide bonds. The molecule has 3 aliphatic rings. The van der Waals surface area contributed by atoms with Gasteiger partial charge in [0.1, 0.15) is 0 Å². The summed E-state index contributed by atoms with van der Waals surface area (Å²) in [6, 6.07) is 0.0467. The lowest BCUT2D eigenvalue weighted by atomic mass is 9.91. The van der Waals surface area contributed by atoms with Crippen molar-refractivity contribution in [3.63, 3.8) is 0 Å². The Kier molecular flexibility index (Phi) is 6.83. The first-order valence-corrected chi connectivity index (χ1v) is 11.2. The maximum absolute atomic E-state index is 13.4. The van der Waals surface area contributed by atoms with E-state index in [1.54, 1.807) is 0 Å². The average Bonchev–Trinajstić information content (AvgIpc) is 3.16. The molecule has 5 heteroatoms. The van der Waals surface area contributed by atoms with Gasteiger partial charge in [0.15, 0.2) is 0 Å². The zero-order chi connectivity index (χ0) is 19.4. The lowest BCUT2D eigenvalue weighted by Crippen LogP contribution is -2.59. The van der Waals surface area contributed by atoms with Crippen LogP contribution in [-0.4, -0.2) is 71.8 Å². The summed E-state index contributed by atoms with van der Waals surface area (Å²) in [5.74, 6) is 1.15. The van der Waals surface area contributed by atoms with Crippen LogP contribution < -0.4 is 0 Å². The van der Waals surface area contributed by atoms with Gasteiger partial charge in [-0.3, -0.25) is 14.5 Å². The maximum Gasteiger partial charge on any atom is 0.240 e. The van der Waals surface area contributed by atoms with Gasteiger partial charge >= 0.3 is 0 Å². The summed E-state index contributed by atoms with van der Waals surface area (Å²) in [4.78, 5) is 32.5. The number of rotatable bonds is 4. The Morgan fingerprint density at radius 3 is 1.96 bits per heavy atom. The third kappa shape index (κ3) is 5.46. The van der Waals surface area contributed by atoms with E-state index in [1.807, 2.05) is 4.90 Å². The van der Waals surface area contributed by atoms with Crippen LogP contribution >= 0.6 is 0 Å². The average molecular weight is 378 g/mol. The van der Waals surface area contributed by atoms with Crippen LogP contribution in [0, 0.1) is 11.3 Å². The predicted molar refractivity (Wildman–Crippen MR) is 108 cm³/mol. The molecule has 0 radical (unpaired) electrons. The predicted octanol–water partition coefficient (Wildman–Crippen LogP) is 3.14.